The summed E-state index contributed by atoms with van der Waals surface area (Å²) < 4.78 is 0. The molecule has 1 aliphatic carbocycles. The van der Waals surface area contributed by atoms with Crippen LogP contribution < -0.4 is 0 Å². The first-order chi connectivity index (χ1) is 6.16. The van der Waals surface area contributed by atoms with Gasteiger partial charge < -0.3 is 0 Å². The molecule has 0 aromatic rings. The maximum Gasteiger partial charge on any atom is 0.0993 e. The highest BCUT2D eigenvalue weighted by atomic mass is 14.3. The van der Waals surface area contributed by atoms with E-state index in [1.807, 2.05) is 13.8 Å². The lowest BCUT2D eigenvalue weighted by molar-refractivity contribution is 0.678. The third-order valence-electron chi connectivity index (χ3n) is 2.66. The first kappa shape index (κ1) is 10.1. The molecule has 0 spiro atoms. The minimum Gasteiger partial charge on any atom is -0.192 e. The number of rotatable bonds is 1. The summed E-state index contributed by atoms with van der Waals surface area (Å²) in [4.78, 5) is 0. The van der Waals surface area contributed by atoms with Crippen LogP contribution in [0, 0.1) is 11.3 Å². The van der Waals surface area contributed by atoms with Crippen LogP contribution in [-0.4, -0.2) is 0 Å². The van der Waals surface area contributed by atoms with E-state index >= 15 is 0 Å². The topological polar surface area (TPSA) is 23.8 Å². The molecule has 70 valence electrons. The van der Waals surface area contributed by atoms with Gasteiger partial charge in [-0.2, -0.15) is 5.26 Å². The Labute approximate surface area is 80.8 Å². The van der Waals surface area contributed by atoms with Gasteiger partial charge in [-0.1, -0.05) is 11.1 Å². The van der Waals surface area contributed by atoms with Crippen molar-refractivity contribution in [1.29, 1.82) is 5.26 Å². The second kappa shape index (κ2) is 4.28. The zero-order valence-electron chi connectivity index (χ0n) is 8.78. The Balaban J connectivity index is 3.06. The van der Waals surface area contributed by atoms with E-state index in [4.69, 9.17) is 5.26 Å². The molecule has 0 fully saturated rings. The molecule has 0 aromatic carbocycles. The first-order valence-electron chi connectivity index (χ1n) is 4.93. The van der Waals surface area contributed by atoms with Gasteiger partial charge >= 0.3 is 0 Å². The fourth-order valence-corrected chi connectivity index (χ4v) is 1.88. The van der Waals surface area contributed by atoms with Crippen molar-refractivity contribution in [3.05, 3.63) is 22.3 Å². The fraction of sp³-hybridized carbons (Fsp3) is 0.583. The quantitative estimate of drug-likeness (QED) is 0.557. The highest BCUT2D eigenvalue weighted by Crippen LogP contribution is 2.30. The van der Waals surface area contributed by atoms with Crippen LogP contribution in [0.5, 0.6) is 0 Å². The monoisotopic (exact) mass is 175 g/mol. The normalized spacial score (nSPS) is 16.8. The Kier molecular flexibility index (Phi) is 3.31. The summed E-state index contributed by atoms with van der Waals surface area (Å²) >= 11 is 0. The average Bonchev–Trinajstić information content (AvgIpc) is 2.09. The standard InChI is InChI=1S/C12H17N/c1-9(2)12(8-13)11-7-5-4-6-10(11)3/h4-7H2,1-3H3. The summed E-state index contributed by atoms with van der Waals surface area (Å²) in [6.45, 7) is 6.20. The molecule has 0 saturated carbocycles. The Morgan fingerprint density at radius 2 is 1.85 bits per heavy atom. The van der Waals surface area contributed by atoms with Crippen LogP contribution in [0.1, 0.15) is 46.5 Å². The van der Waals surface area contributed by atoms with Gasteiger partial charge in [0.05, 0.1) is 11.6 Å². The van der Waals surface area contributed by atoms with E-state index in [0.29, 0.717) is 0 Å². The summed E-state index contributed by atoms with van der Waals surface area (Å²) in [6, 6.07) is 2.32. The summed E-state index contributed by atoms with van der Waals surface area (Å²) in [5.74, 6) is 0. The molecule has 1 aliphatic rings. The molecular weight excluding hydrogens is 158 g/mol. The molecule has 1 heteroatoms. The number of hydrogen-bond donors (Lipinski definition) is 0. The third-order valence-corrected chi connectivity index (χ3v) is 2.66. The van der Waals surface area contributed by atoms with Crippen molar-refractivity contribution >= 4 is 0 Å². The second-order valence-corrected chi connectivity index (χ2v) is 3.95. The third kappa shape index (κ3) is 2.21. The van der Waals surface area contributed by atoms with Crippen LogP contribution in [0.15, 0.2) is 22.3 Å². The highest BCUT2D eigenvalue weighted by Gasteiger charge is 2.13. The minimum atomic E-state index is 0.928. The van der Waals surface area contributed by atoms with Crippen LogP contribution in [0.25, 0.3) is 0 Å². The molecule has 0 radical (unpaired) electrons. The van der Waals surface area contributed by atoms with Crippen LogP contribution >= 0.6 is 0 Å². The largest absolute Gasteiger partial charge is 0.192 e. The molecule has 0 bridgehead atoms. The number of nitrogens with zero attached hydrogens (tertiary/aromatic N) is 1. The Morgan fingerprint density at radius 3 is 2.31 bits per heavy atom. The van der Waals surface area contributed by atoms with Gasteiger partial charge in [0.15, 0.2) is 0 Å². The average molecular weight is 175 g/mol. The summed E-state index contributed by atoms with van der Waals surface area (Å²) in [6.07, 6.45) is 4.80. The predicted octanol–water partition coefficient (Wildman–Crippen LogP) is 3.74. The van der Waals surface area contributed by atoms with Gasteiger partial charge in [0.1, 0.15) is 0 Å². The van der Waals surface area contributed by atoms with Crippen molar-refractivity contribution in [2.24, 2.45) is 0 Å². The van der Waals surface area contributed by atoms with Crippen molar-refractivity contribution in [3.63, 3.8) is 0 Å². The van der Waals surface area contributed by atoms with Crippen molar-refractivity contribution < 1.29 is 0 Å². The molecule has 0 heterocycles. The van der Waals surface area contributed by atoms with Gasteiger partial charge in [-0.05, 0) is 52.0 Å². The summed E-state index contributed by atoms with van der Waals surface area (Å²) in [5.41, 5.74) is 4.81. The van der Waals surface area contributed by atoms with Crippen LogP contribution in [0.4, 0.5) is 0 Å². The van der Waals surface area contributed by atoms with Crippen molar-refractivity contribution in [2.45, 2.75) is 46.5 Å². The van der Waals surface area contributed by atoms with Gasteiger partial charge in [0.2, 0.25) is 0 Å². The van der Waals surface area contributed by atoms with Crippen molar-refractivity contribution in [1.82, 2.24) is 0 Å². The second-order valence-electron chi connectivity index (χ2n) is 3.95. The lowest BCUT2D eigenvalue weighted by Crippen LogP contribution is -2.00. The van der Waals surface area contributed by atoms with Gasteiger partial charge in [-0.15, -0.1) is 0 Å². The van der Waals surface area contributed by atoms with Gasteiger partial charge in [-0.3, -0.25) is 0 Å². The lowest BCUT2D eigenvalue weighted by atomic mass is 9.87. The Morgan fingerprint density at radius 1 is 1.23 bits per heavy atom. The Hall–Kier alpha value is -1.03. The van der Waals surface area contributed by atoms with Crippen LogP contribution in [0.2, 0.25) is 0 Å². The molecule has 0 aliphatic heterocycles. The number of hydrogen-bond acceptors (Lipinski definition) is 1. The van der Waals surface area contributed by atoms with E-state index in [1.54, 1.807) is 0 Å². The van der Waals surface area contributed by atoms with Crippen molar-refractivity contribution in [2.75, 3.05) is 0 Å². The maximum atomic E-state index is 9.02. The minimum absolute atomic E-state index is 0.928. The number of nitriles is 1. The van der Waals surface area contributed by atoms with Crippen LogP contribution in [-0.2, 0) is 0 Å². The zero-order chi connectivity index (χ0) is 9.84. The SMILES string of the molecule is CC(C)=C(C#N)C1=C(C)CCCC1. The van der Waals surface area contributed by atoms with E-state index < -0.39 is 0 Å². The van der Waals surface area contributed by atoms with E-state index in [9.17, 15) is 0 Å². The van der Waals surface area contributed by atoms with Gasteiger partial charge in [0.25, 0.3) is 0 Å². The molecule has 0 atom stereocenters. The van der Waals surface area contributed by atoms with Gasteiger partial charge in [0, 0.05) is 0 Å². The molecule has 0 unspecified atom stereocenters. The van der Waals surface area contributed by atoms with E-state index in [0.717, 1.165) is 17.6 Å². The molecule has 1 rings (SSSR count). The van der Waals surface area contributed by atoms with E-state index in [1.165, 1.54) is 30.4 Å². The molecule has 1 nitrogen and oxygen atoms in total. The molecule has 13 heavy (non-hydrogen) atoms. The fourth-order valence-electron chi connectivity index (χ4n) is 1.88. The van der Waals surface area contributed by atoms with E-state index in [-0.39, 0.29) is 0 Å². The Bertz CT molecular complexity index is 296. The molecular formula is C12H17N. The summed E-state index contributed by atoms with van der Waals surface area (Å²) in [7, 11) is 0. The van der Waals surface area contributed by atoms with Crippen LogP contribution in [0.3, 0.4) is 0 Å². The predicted molar refractivity (Wildman–Crippen MR) is 55.2 cm³/mol. The van der Waals surface area contributed by atoms with E-state index in [2.05, 4.69) is 13.0 Å². The van der Waals surface area contributed by atoms with Crippen molar-refractivity contribution in [3.8, 4) is 6.07 Å². The first-order valence-corrected chi connectivity index (χ1v) is 4.93. The molecule has 0 amide bonds. The zero-order valence-corrected chi connectivity index (χ0v) is 8.78. The molecule has 0 N–H and O–H groups in total. The molecule has 0 aromatic heterocycles. The van der Waals surface area contributed by atoms with Gasteiger partial charge in [-0.25, -0.2) is 0 Å². The maximum absolute atomic E-state index is 9.02. The number of allylic oxidation sites excluding steroid dienone is 4. The highest BCUT2D eigenvalue weighted by molar-refractivity contribution is 5.47. The lowest BCUT2D eigenvalue weighted by Gasteiger charge is -2.17. The molecule has 0 saturated heterocycles. The smallest absolute Gasteiger partial charge is 0.0993 e. The summed E-state index contributed by atoms with van der Waals surface area (Å²) in [5, 5.41) is 9.02.